The summed E-state index contributed by atoms with van der Waals surface area (Å²) in [6.07, 6.45) is -8.34. The fraction of sp³-hybridized carbons (Fsp3) is 0.174. The molecule has 3 rings (SSSR count). The number of hydrazone groups is 1. The molecule has 0 saturated carbocycles. The van der Waals surface area contributed by atoms with Gasteiger partial charge in [0.15, 0.2) is 11.5 Å². The van der Waals surface area contributed by atoms with Crippen molar-refractivity contribution in [3.63, 3.8) is 0 Å². The molecule has 0 unspecified atom stereocenters. The molecule has 0 saturated heterocycles. The molecule has 0 aliphatic rings. The molecule has 0 aromatic heterocycles. The van der Waals surface area contributed by atoms with E-state index in [4.69, 9.17) is 5.84 Å². The summed E-state index contributed by atoms with van der Waals surface area (Å²) in [5.74, 6) is 3.24. The van der Waals surface area contributed by atoms with Crippen molar-refractivity contribution in [2.45, 2.75) is 12.4 Å². The highest BCUT2D eigenvalue weighted by atomic mass is 19.4. The molecular weight excluding hydrogens is 586 g/mol. The number of phenolic OH excluding ortho intramolecular Hbond substituents is 3. The first-order valence-corrected chi connectivity index (χ1v) is 11.0. The molecule has 0 amide bonds. The molecule has 0 aliphatic heterocycles. The Hall–Kier alpha value is -5.33. The van der Waals surface area contributed by atoms with E-state index in [1.807, 2.05) is 0 Å². The van der Waals surface area contributed by atoms with Crippen LogP contribution in [-0.4, -0.2) is 45.5 Å². The van der Waals surface area contributed by atoms with Gasteiger partial charge in [-0.1, -0.05) is 0 Å². The van der Waals surface area contributed by atoms with E-state index in [1.54, 1.807) is 0 Å². The molecule has 0 radical (unpaired) electrons. The monoisotopic (exact) mass is 606 g/mol. The van der Waals surface area contributed by atoms with Crippen molar-refractivity contribution in [2.75, 3.05) is 24.1 Å². The lowest BCUT2D eigenvalue weighted by molar-refractivity contribution is -0.384. The first-order valence-electron chi connectivity index (χ1n) is 11.0. The largest absolute Gasteiger partial charge is 0.504 e. The van der Waals surface area contributed by atoms with Gasteiger partial charge in [-0.25, -0.2) is 5.84 Å². The second kappa shape index (κ2) is 12.5. The standard InChI is InChI=1S/C15H12F3N3O5.C8H8F3N3O2/c1-20(19-7-8-2-5-12(22)14(24)13(8)23)10-4-3-9(15(16,17)18)6-11(10)21(25)26;1-13(12)6-3-2-5(8(9,10)11)4-7(6)14(15)16/h2-7,22-24H,1H3;2-4H,12H2,1H3. The zero-order valence-corrected chi connectivity index (χ0v) is 21.3. The fourth-order valence-electron chi connectivity index (χ4n) is 3.16. The molecule has 19 heteroatoms. The number of nitrogens with two attached hydrogens (primary N) is 1. The van der Waals surface area contributed by atoms with Gasteiger partial charge in [0, 0.05) is 31.8 Å². The molecule has 226 valence electrons. The number of halogens is 6. The Kier molecular flexibility index (Phi) is 9.75. The van der Waals surface area contributed by atoms with Gasteiger partial charge in [-0.3, -0.25) is 25.2 Å². The van der Waals surface area contributed by atoms with Gasteiger partial charge in [0.05, 0.1) is 27.2 Å². The normalized spacial score (nSPS) is 11.5. The minimum atomic E-state index is -4.74. The zero-order chi connectivity index (χ0) is 32.2. The van der Waals surface area contributed by atoms with E-state index >= 15 is 0 Å². The maximum absolute atomic E-state index is 12.7. The third-order valence-corrected chi connectivity index (χ3v) is 5.26. The van der Waals surface area contributed by atoms with Crippen LogP contribution in [0.1, 0.15) is 16.7 Å². The third kappa shape index (κ3) is 7.87. The quantitative estimate of drug-likeness (QED) is 0.0731. The van der Waals surface area contributed by atoms with Crippen molar-refractivity contribution in [3.05, 3.63) is 85.4 Å². The molecule has 3 aromatic rings. The van der Waals surface area contributed by atoms with Gasteiger partial charge in [0.1, 0.15) is 11.4 Å². The molecule has 3 aromatic carbocycles. The summed E-state index contributed by atoms with van der Waals surface area (Å²) < 4.78 is 75.0. The van der Waals surface area contributed by atoms with Crippen LogP contribution in [0.4, 0.5) is 49.1 Å². The lowest BCUT2D eigenvalue weighted by Gasteiger charge is -2.15. The Morgan fingerprint density at radius 3 is 1.67 bits per heavy atom. The van der Waals surface area contributed by atoms with Gasteiger partial charge in [-0.15, -0.1) is 0 Å². The highest BCUT2D eigenvalue weighted by molar-refractivity contribution is 5.86. The minimum absolute atomic E-state index is 0.0262. The number of hydrogen-bond donors (Lipinski definition) is 4. The van der Waals surface area contributed by atoms with Gasteiger partial charge in [0.25, 0.3) is 11.4 Å². The molecule has 0 bridgehead atoms. The lowest BCUT2D eigenvalue weighted by Crippen LogP contribution is -2.26. The highest BCUT2D eigenvalue weighted by Crippen LogP contribution is 2.38. The number of aromatic hydroxyl groups is 3. The predicted molar refractivity (Wildman–Crippen MR) is 136 cm³/mol. The van der Waals surface area contributed by atoms with Gasteiger partial charge in [0.2, 0.25) is 5.75 Å². The van der Waals surface area contributed by atoms with E-state index in [0.717, 1.165) is 40.5 Å². The van der Waals surface area contributed by atoms with E-state index in [1.165, 1.54) is 20.2 Å². The Bertz CT molecular complexity index is 1510. The van der Waals surface area contributed by atoms with Gasteiger partial charge in [-0.2, -0.15) is 31.4 Å². The van der Waals surface area contributed by atoms with Crippen molar-refractivity contribution >= 4 is 29.0 Å². The van der Waals surface area contributed by atoms with E-state index in [9.17, 15) is 61.9 Å². The van der Waals surface area contributed by atoms with Crippen LogP contribution in [0.15, 0.2) is 53.6 Å². The number of nitro benzene ring substituents is 2. The second-order valence-corrected chi connectivity index (χ2v) is 8.17. The topological polar surface area (TPSA) is 192 Å². The van der Waals surface area contributed by atoms with Gasteiger partial charge < -0.3 is 20.3 Å². The summed E-state index contributed by atoms with van der Waals surface area (Å²) in [5, 5.41) is 55.6. The van der Waals surface area contributed by atoms with Crippen LogP contribution in [0.2, 0.25) is 0 Å². The van der Waals surface area contributed by atoms with Crippen LogP contribution >= 0.6 is 0 Å². The molecule has 0 fully saturated rings. The molecule has 0 spiro atoms. The molecule has 13 nitrogen and oxygen atoms in total. The van der Waals surface area contributed by atoms with E-state index in [2.05, 4.69) is 5.10 Å². The number of anilines is 2. The molecule has 0 aliphatic carbocycles. The summed E-state index contributed by atoms with van der Waals surface area (Å²) in [6.45, 7) is 0. The number of nitrogens with zero attached hydrogens (tertiary/aromatic N) is 5. The number of hydrazine groups is 1. The van der Waals surface area contributed by atoms with Crippen LogP contribution < -0.4 is 15.9 Å². The van der Waals surface area contributed by atoms with Crippen molar-refractivity contribution in [3.8, 4) is 17.2 Å². The predicted octanol–water partition coefficient (Wildman–Crippen LogP) is 5.12. The number of phenols is 3. The third-order valence-electron chi connectivity index (χ3n) is 5.26. The SMILES string of the molecule is CN(N)c1ccc(C(F)(F)F)cc1[N+](=O)[O-].CN(N=Cc1ccc(O)c(O)c1O)c1ccc(C(F)(F)F)cc1[N+](=O)[O-]. The molecule has 0 heterocycles. The average molecular weight is 606 g/mol. The van der Waals surface area contributed by atoms with Crippen LogP contribution in [0.25, 0.3) is 0 Å². The maximum atomic E-state index is 12.7. The Balaban J connectivity index is 0.000000330. The Morgan fingerprint density at radius 2 is 1.24 bits per heavy atom. The minimum Gasteiger partial charge on any atom is -0.504 e. The van der Waals surface area contributed by atoms with Gasteiger partial charge in [-0.05, 0) is 36.4 Å². The van der Waals surface area contributed by atoms with Crippen molar-refractivity contribution in [1.82, 2.24) is 0 Å². The number of rotatable bonds is 6. The number of hydrogen-bond acceptors (Lipinski definition) is 11. The summed E-state index contributed by atoms with van der Waals surface area (Å²) >= 11 is 0. The van der Waals surface area contributed by atoms with Crippen molar-refractivity contribution in [1.29, 1.82) is 0 Å². The van der Waals surface area contributed by atoms with E-state index in [0.29, 0.717) is 18.2 Å². The number of alkyl halides is 6. The van der Waals surface area contributed by atoms with Crippen LogP contribution in [0.3, 0.4) is 0 Å². The summed E-state index contributed by atoms with van der Waals surface area (Å²) in [7, 11) is 2.55. The molecule has 5 N–H and O–H groups in total. The average Bonchev–Trinajstić information content (AvgIpc) is 2.89. The Labute approximate surface area is 231 Å². The first kappa shape index (κ1) is 32.9. The lowest BCUT2D eigenvalue weighted by atomic mass is 10.1. The first-order chi connectivity index (χ1) is 19.2. The highest BCUT2D eigenvalue weighted by Gasteiger charge is 2.34. The molecule has 42 heavy (non-hydrogen) atoms. The number of nitro groups is 2. The second-order valence-electron chi connectivity index (χ2n) is 8.17. The van der Waals surface area contributed by atoms with Crippen LogP contribution in [0.5, 0.6) is 17.2 Å². The molecule has 0 atom stereocenters. The summed E-state index contributed by atoms with van der Waals surface area (Å²) in [5.41, 5.74) is -4.07. The van der Waals surface area contributed by atoms with Crippen molar-refractivity contribution < 1.29 is 51.5 Å². The fourth-order valence-corrected chi connectivity index (χ4v) is 3.16. The summed E-state index contributed by atoms with van der Waals surface area (Å²) in [4.78, 5) is 19.8. The zero-order valence-electron chi connectivity index (χ0n) is 21.3. The van der Waals surface area contributed by atoms with Crippen LogP contribution in [-0.2, 0) is 12.4 Å². The van der Waals surface area contributed by atoms with E-state index in [-0.39, 0.29) is 16.9 Å². The van der Waals surface area contributed by atoms with Gasteiger partial charge >= 0.3 is 12.4 Å². The Morgan fingerprint density at radius 1 is 0.786 bits per heavy atom. The molecular formula is C23H20F6N6O7. The number of benzene rings is 3. The van der Waals surface area contributed by atoms with Crippen molar-refractivity contribution in [2.24, 2.45) is 10.9 Å². The van der Waals surface area contributed by atoms with E-state index < -0.39 is 61.9 Å². The summed E-state index contributed by atoms with van der Waals surface area (Å²) in [6, 6.07) is 6.42. The smallest absolute Gasteiger partial charge is 0.416 e. The maximum Gasteiger partial charge on any atom is 0.416 e. The van der Waals surface area contributed by atoms with Crippen LogP contribution in [0, 0.1) is 20.2 Å².